The minimum Gasteiger partial charge on any atom is -0.321 e. The molecule has 0 atom stereocenters. The first-order valence-electron chi connectivity index (χ1n) is 4.13. The van der Waals surface area contributed by atoms with Crippen LogP contribution in [0.2, 0.25) is 5.02 Å². The molecule has 5 nitrogen and oxygen atoms in total. The van der Waals surface area contributed by atoms with Crippen molar-refractivity contribution < 1.29 is 0 Å². The highest BCUT2D eigenvalue weighted by atomic mass is 35.5. The maximum absolute atomic E-state index is 11.7. The molecule has 0 aromatic carbocycles. The number of nitrogens with zero attached hydrogens (tertiary/aromatic N) is 2. The predicted molar refractivity (Wildman–Crippen MR) is 56.3 cm³/mol. The van der Waals surface area contributed by atoms with E-state index in [0.717, 1.165) is 0 Å². The number of nitrogens with two attached hydrogens (primary N) is 1. The minimum absolute atomic E-state index is 0.0532. The highest BCUT2D eigenvalue weighted by molar-refractivity contribution is 6.32. The van der Waals surface area contributed by atoms with Crippen molar-refractivity contribution in [3.05, 3.63) is 21.6 Å². The summed E-state index contributed by atoms with van der Waals surface area (Å²) >= 11 is 5.79. The lowest BCUT2D eigenvalue weighted by atomic mass is 10.1. The van der Waals surface area contributed by atoms with Gasteiger partial charge in [0.05, 0.1) is 17.4 Å². The molecule has 1 aromatic heterocycles. The first-order chi connectivity index (χ1) is 6.38. The molecule has 0 spiro atoms. The summed E-state index contributed by atoms with van der Waals surface area (Å²) in [5.74, 6) is 5.16. The zero-order valence-corrected chi connectivity index (χ0v) is 9.09. The SMILES string of the molecule is CC(C)(C)n1ncc(NN)c(Cl)c1=O. The summed E-state index contributed by atoms with van der Waals surface area (Å²) in [6.45, 7) is 5.60. The van der Waals surface area contributed by atoms with Crippen LogP contribution in [0.3, 0.4) is 0 Å². The molecular formula is C8H13ClN4O. The topological polar surface area (TPSA) is 72.9 Å². The lowest BCUT2D eigenvalue weighted by Crippen LogP contribution is -2.36. The van der Waals surface area contributed by atoms with E-state index in [4.69, 9.17) is 17.4 Å². The molecule has 1 heterocycles. The van der Waals surface area contributed by atoms with Gasteiger partial charge in [-0.3, -0.25) is 10.6 Å². The number of rotatable bonds is 1. The van der Waals surface area contributed by atoms with E-state index in [0.29, 0.717) is 5.69 Å². The van der Waals surface area contributed by atoms with Crippen molar-refractivity contribution in [2.45, 2.75) is 26.3 Å². The van der Waals surface area contributed by atoms with Crippen LogP contribution in [0, 0.1) is 0 Å². The van der Waals surface area contributed by atoms with Gasteiger partial charge in [-0.2, -0.15) is 5.10 Å². The van der Waals surface area contributed by atoms with Crippen LogP contribution in [0.25, 0.3) is 0 Å². The predicted octanol–water partition coefficient (Wildman–Crippen LogP) is 0.937. The maximum Gasteiger partial charge on any atom is 0.288 e. The van der Waals surface area contributed by atoms with E-state index in [1.807, 2.05) is 20.8 Å². The largest absolute Gasteiger partial charge is 0.321 e. The fourth-order valence-corrected chi connectivity index (χ4v) is 1.19. The lowest BCUT2D eigenvalue weighted by molar-refractivity contribution is 0.338. The second-order valence-corrected chi connectivity index (χ2v) is 4.28. The van der Waals surface area contributed by atoms with E-state index in [-0.39, 0.29) is 10.6 Å². The Kier molecular flexibility index (Phi) is 2.82. The Balaban J connectivity index is 3.40. The van der Waals surface area contributed by atoms with Crippen molar-refractivity contribution in [3.8, 4) is 0 Å². The molecule has 6 heteroatoms. The van der Waals surface area contributed by atoms with Crippen molar-refractivity contribution in [3.63, 3.8) is 0 Å². The van der Waals surface area contributed by atoms with Crippen LogP contribution in [0.4, 0.5) is 5.69 Å². The Morgan fingerprint density at radius 1 is 1.57 bits per heavy atom. The van der Waals surface area contributed by atoms with Crippen LogP contribution in [-0.2, 0) is 5.54 Å². The number of hydrogen-bond acceptors (Lipinski definition) is 4. The average molecular weight is 217 g/mol. The lowest BCUT2D eigenvalue weighted by Gasteiger charge is -2.20. The summed E-state index contributed by atoms with van der Waals surface area (Å²) in [5.41, 5.74) is 1.89. The van der Waals surface area contributed by atoms with Gasteiger partial charge >= 0.3 is 0 Å². The molecule has 0 amide bonds. The molecule has 0 saturated heterocycles. The van der Waals surface area contributed by atoms with Crippen LogP contribution >= 0.6 is 11.6 Å². The normalized spacial score (nSPS) is 11.5. The van der Waals surface area contributed by atoms with Gasteiger partial charge in [-0.25, -0.2) is 4.68 Å². The number of hydrogen-bond donors (Lipinski definition) is 2. The van der Waals surface area contributed by atoms with Crippen molar-refractivity contribution in [1.29, 1.82) is 0 Å². The molecule has 0 saturated carbocycles. The van der Waals surface area contributed by atoms with Crippen molar-refractivity contribution >= 4 is 17.3 Å². The smallest absolute Gasteiger partial charge is 0.288 e. The van der Waals surface area contributed by atoms with Gasteiger partial charge in [-0.1, -0.05) is 11.6 Å². The van der Waals surface area contributed by atoms with E-state index in [9.17, 15) is 4.79 Å². The van der Waals surface area contributed by atoms with Gasteiger partial charge in [0.15, 0.2) is 0 Å². The summed E-state index contributed by atoms with van der Waals surface area (Å²) < 4.78 is 1.32. The first-order valence-corrected chi connectivity index (χ1v) is 4.50. The Labute approximate surface area is 86.8 Å². The number of aromatic nitrogens is 2. The second kappa shape index (κ2) is 3.59. The van der Waals surface area contributed by atoms with Crippen molar-refractivity contribution in [1.82, 2.24) is 9.78 Å². The van der Waals surface area contributed by atoms with Crippen LogP contribution in [0.1, 0.15) is 20.8 Å². The van der Waals surface area contributed by atoms with Gasteiger partial charge in [0.2, 0.25) is 0 Å². The van der Waals surface area contributed by atoms with Gasteiger partial charge in [-0.15, -0.1) is 0 Å². The molecule has 78 valence electrons. The Morgan fingerprint density at radius 3 is 2.57 bits per heavy atom. The Morgan fingerprint density at radius 2 is 2.14 bits per heavy atom. The molecular weight excluding hydrogens is 204 g/mol. The third-order valence-electron chi connectivity index (χ3n) is 1.71. The average Bonchev–Trinajstić information content (AvgIpc) is 2.07. The molecule has 1 rings (SSSR count). The number of halogens is 1. The fourth-order valence-electron chi connectivity index (χ4n) is 1.01. The molecule has 0 fully saturated rings. The van der Waals surface area contributed by atoms with Crippen LogP contribution in [-0.4, -0.2) is 9.78 Å². The zero-order valence-electron chi connectivity index (χ0n) is 8.34. The standard InChI is InChI=1S/C8H13ClN4O/c1-8(2,3)13-7(14)6(9)5(12-10)4-11-13/h4,12H,10H2,1-3H3. The van der Waals surface area contributed by atoms with Gasteiger partial charge in [0.1, 0.15) is 5.02 Å². The quantitative estimate of drug-likeness (QED) is 0.541. The van der Waals surface area contributed by atoms with Gasteiger partial charge in [0.25, 0.3) is 5.56 Å². The minimum atomic E-state index is -0.395. The summed E-state index contributed by atoms with van der Waals surface area (Å²) in [6.07, 6.45) is 1.43. The number of anilines is 1. The maximum atomic E-state index is 11.7. The van der Waals surface area contributed by atoms with Crippen LogP contribution < -0.4 is 16.8 Å². The monoisotopic (exact) mass is 216 g/mol. The highest BCUT2D eigenvalue weighted by Gasteiger charge is 2.18. The number of nitrogens with one attached hydrogen (secondary N) is 1. The number of nitrogen functional groups attached to an aromatic ring is 1. The molecule has 3 N–H and O–H groups in total. The summed E-state index contributed by atoms with van der Waals surface area (Å²) in [4.78, 5) is 11.7. The van der Waals surface area contributed by atoms with Crippen LogP contribution in [0.5, 0.6) is 0 Å². The first kappa shape index (κ1) is 11.0. The Bertz CT molecular complexity index is 393. The fraction of sp³-hybridized carbons (Fsp3) is 0.500. The van der Waals surface area contributed by atoms with E-state index in [1.54, 1.807) is 0 Å². The van der Waals surface area contributed by atoms with E-state index >= 15 is 0 Å². The van der Waals surface area contributed by atoms with E-state index in [1.165, 1.54) is 10.9 Å². The van der Waals surface area contributed by atoms with E-state index in [2.05, 4.69) is 10.5 Å². The second-order valence-electron chi connectivity index (χ2n) is 3.90. The Hall–Kier alpha value is -1.07. The van der Waals surface area contributed by atoms with E-state index < -0.39 is 5.54 Å². The molecule has 0 unspecified atom stereocenters. The number of hydrazine groups is 1. The molecule has 0 aliphatic carbocycles. The third kappa shape index (κ3) is 1.88. The van der Waals surface area contributed by atoms with Crippen molar-refractivity contribution in [2.75, 3.05) is 5.43 Å². The van der Waals surface area contributed by atoms with Gasteiger partial charge in [0, 0.05) is 0 Å². The molecule has 1 aromatic rings. The third-order valence-corrected chi connectivity index (χ3v) is 2.08. The van der Waals surface area contributed by atoms with Gasteiger partial charge < -0.3 is 5.43 Å². The molecule has 14 heavy (non-hydrogen) atoms. The zero-order chi connectivity index (χ0) is 10.9. The van der Waals surface area contributed by atoms with Crippen LogP contribution in [0.15, 0.2) is 11.0 Å². The summed E-state index contributed by atoms with van der Waals surface area (Å²) in [5, 5.41) is 4.01. The molecule has 0 radical (unpaired) electrons. The summed E-state index contributed by atoms with van der Waals surface area (Å²) in [6, 6.07) is 0. The van der Waals surface area contributed by atoms with Crippen molar-refractivity contribution in [2.24, 2.45) is 5.84 Å². The highest BCUT2D eigenvalue weighted by Crippen LogP contribution is 2.16. The molecule has 0 aliphatic heterocycles. The van der Waals surface area contributed by atoms with Gasteiger partial charge in [-0.05, 0) is 20.8 Å². The molecule has 0 aliphatic rings. The molecule has 0 bridgehead atoms. The summed E-state index contributed by atoms with van der Waals surface area (Å²) in [7, 11) is 0.